The van der Waals surface area contributed by atoms with E-state index in [9.17, 15) is 27.7 Å². The van der Waals surface area contributed by atoms with Crippen LogP contribution in [0.4, 0.5) is 23.2 Å². The van der Waals surface area contributed by atoms with E-state index in [4.69, 9.17) is 5.73 Å². The zero-order chi connectivity index (χ0) is 13.9. The number of alkyl halides is 3. The molecule has 4 nitrogen and oxygen atoms in total. The molecule has 0 spiro atoms. The number of halogens is 5. The van der Waals surface area contributed by atoms with Crippen molar-refractivity contribution in [2.24, 2.45) is 5.73 Å². The van der Waals surface area contributed by atoms with Crippen molar-refractivity contribution in [3.05, 3.63) is 39.7 Å². The number of nitro groups is 1. The minimum Gasteiger partial charge on any atom is -0.324 e. The van der Waals surface area contributed by atoms with Gasteiger partial charge in [0.05, 0.1) is 4.92 Å². The number of nitro benzene ring substituents is 1. The molecule has 1 aromatic carbocycles. The predicted molar refractivity (Wildman–Crippen MR) is 62.5 cm³/mol. The molecule has 0 amide bonds. The third-order valence-corrected chi connectivity index (χ3v) is 2.33. The van der Waals surface area contributed by atoms with Gasteiger partial charge in [-0.15, -0.1) is 12.4 Å². The van der Waals surface area contributed by atoms with Crippen LogP contribution in [0.25, 0.3) is 0 Å². The van der Waals surface area contributed by atoms with Crippen molar-refractivity contribution >= 4 is 18.1 Å². The fraction of sp³-hybridized carbons (Fsp3) is 0.400. The van der Waals surface area contributed by atoms with Gasteiger partial charge in [0.2, 0.25) is 5.82 Å². The summed E-state index contributed by atoms with van der Waals surface area (Å²) in [4.78, 5) is 9.51. The summed E-state index contributed by atoms with van der Waals surface area (Å²) in [6.07, 6.45) is -5.85. The fourth-order valence-electron chi connectivity index (χ4n) is 1.39. The molecule has 0 fully saturated rings. The lowest BCUT2D eigenvalue weighted by Gasteiger charge is -2.13. The molecule has 108 valence electrons. The molecule has 1 aromatic rings. The number of rotatable bonds is 4. The van der Waals surface area contributed by atoms with Crippen LogP contribution in [0.15, 0.2) is 18.2 Å². The Labute approximate surface area is 112 Å². The zero-order valence-electron chi connectivity index (χ0n) is 9.48. The first-order valence-electron chi connectivity index (χ1n) is 4.97. The summed E-state index contributed by atoms with van der Waals surface area (Å²) >= 11 is 0. The van der Waals surface area contributed by atoms with Crippen LogP contribution < -0.4 is 5.73 Å². The van der Waals surface area contributed by atoms with Gasteiger partial charge in [-0.1, -0.05) is 6.07 Å². The first-order chi connectivity index (χ1) is 8.20. The van der Waals surface area contributed by atoms with Crippen molar-refractivity contribution < 1.29 is 22.5 Å². The van der Waals surface area contributed by atoms with Gasteiger partial charge in [0, 0.05) is 18.5 Å². The molecular formula is C10H11ClF4N2O2. The monoisotopic (exact) mass is 302 g/mol. The minimum atomic E-state index is -4.34. The average molecular weight is 303 g/mol. The summed E-state index contributed by atoms with van der Waals surface area (Å²) in [5.41, 5.74) is 4.78. The Morgan fingerprint density at radius 3 is 2.42 bits per heavy atom. The molecule has 19 heavy (non-hydrogen) atoms. The van der Waals surface area contributed by atoms with Crippen LogP contribution in [0.1, 0.15) is 24.4 Å². The highest BCUT2D eigenvalue weighted by Crippen LogP contribution is 2.28. The third kappa shape index (κ3) is 5.39. The second-order valence-corrected chi connectivity index (χ2v) is 3.73. The van der Waals surface area contributed by atoms with Crippen LogP contribution in [-0.2, 0) is 0 Å². The van der Waals surface area contributed by atoms with Gasteiger partial charge in [0.15, 0.2) is 0 Å². The van der Waals surface area contributed by atoms with E-state index >= 15 is 0 Å². The van der Waals surface area contributed by atoms with Gasteiger partial charge in [0.25, 0.3) is 0 Å². The Kier molecular flexibility index (Phi) is 6.17. The van der Waals surface area contributed by atoms with Crippen molar-refractivity contribution in [3.63, 3.8) is 0 Å². The van der Waals surface area contributed by atoms with Crippen LogP contribution >= 0.6 is 12.4 Å². The highest BCUT2D eigenvalue weighted by molar-refractivity contribution is 5.85. The molecule has 9 heteroatoms. The Bertz CT molecular complexity index is 454. The Morgan fingerprint density at radius 2 is 1.95 bits per heavy atom. The summed E-state index contributed by atoms with van der Waals surface area (Å²) in [7, 11) is 0. The topological polar surface area (TPSA) is 69.2 Å². The van der Waals surface area contributed by atoms with E-state index in [0.29, 0.717) is 0 Å². The second kappa shape index (κ2) is 6.67. The summed E-state index contributed by atoms with van der Waals surface area (Å²) in [5.74, 6) is -1.05. The predicted octanol–water partition coefficient (Wildman–Crippen LogP) is 3.50. The number of nitrogens with two attached hydrogens (primary N) is 1. The first-order valence-corrected chi connectivity index (χ1v) is 4.97. The molecule has 0 radical (unpaired) electrons. The van der Waals surface area contributed by atoms with Gasteiger partial charge >= 0.3 is 11.9 Å². The molecule has 0 bridgehead atoms. The molecule has 2 N–H and O–H groups in total. The van der Waals surface area contributed by atoms with Crippen molar-refractivity contribution in [2.75, 3.05) is 0 Å². The minimum absolute atomic E-state index is 0. The molecule has 0 heterocycles. The largest absolute Gasteiger partial charge is 0.389 e. The number of hydrogen-bond acceptors (Lipinski definition) is 3. The van der Waals surface area contributed by atoms with Gasteiger partial charge in [-0.25, -0.2) is 0 Å². The molecule has 0 aliphatic rings. The molecule has 0 saturated heterocycles. The fourth-order valence-corrected chi connectivity index (χ4v) is 1.39. The van der Waals surface area contributed by atoms with E-state index in [1.165, 1.54) is 0 Å². The first kappa shape index (κ1) is 17.6. The normalized spacial score (nSPS) is 12.7. The molecule has 0 saturated carbocycles. The molecule has 1 rings (SSSR count). The van der Waals surface area contributed by atoms with Gasteiger partial charge in [-0.3, -0.25) is 10.1 Å². The summed E-state index contributed by atoms with van der Waals surface area (Å²) in [5, 5.41) is 10.5. The van der Waals surface area contributed by atoms with E-state index in [-0.39, 0.29) is 18.0 Å². The van der Waals surface area contributed by atoms with Crippen molar-refractivity contribution in [3.8, 4) is 0 Å². The SMILES string of the molecule is Cl.N[C@@H](CCC(F)(F)F)c1ccc(F)c([N+](=O)[O-])c1. The Morgan fingerprint density at radius 1 is 1.37 bits per heavy atom. The summed E-state index contributed by atoms with van der Waals surface area (Å²) < 4.78 is 48.9. The summed E-state index contributed by atoms with van der Waals surface area (Å²) in [6.45, 7) is 0. The highest BCUT2D eigenvalue weighted by Gasteiger charge is 2.28. The Hall–Kier alpha value is -1.41. The van der Waals surface area contributed by atoms with Crippen molar-refractivity contribution in [2.45, 2.75) is 25.1 Å². The lowest BCUT2D eigenvalue weighted by atomic mass is 10.0. The molecule has 0 aliphatic heterocycles. The molecule has 0 unspecified atom stereocenters. The second-order valence-electron chi connectivity index (χ2n) is 3.73. The molecule has 0 aliphatic carbocycles. The van der Waals surface area contributed by atoms with Crippen LogP contribution in [0.5, 0.6) is 0 Å². The van der Waals surface area contributed by atoms with E-state index in [1.807, 2.05) is 0 Å². The molecular weight excluding hydrogens is 292 g/mol. The van der Waals surface area contributed by atoms with E-state index in [1.54, 1.807) is 0 Å². The smallest absolute Gasteiger partial charge is 0.324 e. The van der Waals surface area contributed by atoms with Crippen LogP contribution in [0, 0.1) is 15.9 Å². The van der Waals surface area contributed by atoms with Gasteiger partial charge < -0.3 is 5.73 Å². The highest BCUT2D eigenvalue weighted by atomic mass is 35.5. The van der Waals surface area contributed by atoms with Crippen LogP contribution in [0.3, 0.4) is 0 Å². The lowest BCUT2D eigenvalue weighted by Crippen LogP contribution is -2.16. The van der Waals surface area contributed by atoms with Crippen molar-refractivity contribution in [1.29, 1.82) is 0 Å². The number of benzene rings is 1. The maximum atomic E-state index is 13.0. The van der Waals surface area contributed by atoms with E-state index in [0.717, 1.165) is 18.2 Å². The quantitative estimate of drug-likeness (QED) is 0.526. The van der Waals surface area contributed by atoms with Gasteiger partial charge in [0.1, 0.15) is 0 Å². The number of nitrogens with zero attached hydrogens (tertiary/aromatic N) is 1. The van der Waals surface area contributed by atoms with Gasteiger partial charge in [-0.2, -0.15) is 17.6 Å². The van der Waals surface area contributed by atoms with E-state index in [2.05, 4.69) is 0 Å². The zero-order valence-corrected chi connectivity index (χ0v) is 10.3. The maximum absolute atomic E-state index is 13.0. The van der Waals surface area contributed by atoms with Crippen LogP contribution in [-0.4, -0.2) is 11.1 Å². The third-order valence-electron chi connectivity index (χ3n) is 2.33. The Balaban J connectivity index is 0.00000324. The molecule has 1 atom stereocenters. The van der Waals surface area contributed by atoms with E-state index < -0.39 is 41.5 Å². The standard InChI is InChI=1S/C10H10F4N2O2.ClH/c11-7-2-1-6(5-9(7)16(17)18)8(15)3-4-10(12,13)14;/h1-2,5,8H,3-4,15H2;1H/t8-;/m0./s1. The summed E-state index contributed by atoms with van der Waals surface area (Å²) in [6, 6.07) is 1.80. The lowest BCUT2D eigenvalue weighted by molar-refractivity contribution is -0.387. The van der Waals surface area contributed by atoms with Gasteiger partial charge in [-0.05, 0) is 18.1 Å². The van der Waals surface area contributed by atoms with Crippen LogP contribution in [0.2, 0.25) is 0 Å². The maximum Gasteiger partial charge on any atom is 0.389 e. The average Bonchev–Trinajstić information content (AvgIpc) is 2.25. The van der Waals surface area contributed by atoms with Crippen molar-refractivity contribution in [1.82, 2.24) is 0 Å². The number of hydrogen-bond donors (Lipinski definition) is 1. The molecule has 0 aromatic heterocycles.